The van der Waals surface area contributed by atoms with E-state index in [-0.39, 0.29) is 18.5 Å². The number of benzene rings is 2. The minimum atomic E-state index is -0.835. The Balaban J connectivity index is 0.00000324. The second-order valence-electron chi connectivity index (χ2n) is 8.54. The topological polar surface area (TPSA) is 68.2 Å². The number of carboxylic acids is 1. The first kappa shape index (κ1) is 26.1. The lowest BCUT2D eigenvalue weighted by Crippen LogP contribution is -2.34. The lowest BCUT2D eigenvalue weighted by Gasteiger charge is -2.28. The molecule has 6 nitrogen and oxygen atoms in total. The Bertz CT molecular complexity index is 1100. The average molecular weight is 551 g/mol. The van der Waals surface area contributed by atoms with Crippen molar-refractivity contribution in [1.82, 2.24) is 4.90 Å². The van der Waals surface area contributed by atoms with Crippen LogP contribution in [-0.2, 0) is 11.4 Å². The van der Waals surface area contributed by atoms with Gasteiger partial charge in [-0.15, -0.1) is 12.4 Å². The van der Waals surface area contributed by atoms with Crippen molar-refractivity contribution < 1.29 is 24.1 Å². The summed E-state index contributed by atoms with van der Waals surface area (Å²) < 4.78 is 18.6. The van der Waals surface area contributed by atoms with Crippen LogP contribution in [0.15, 0.2) is 58.1 Å². The molecule has 0 unspecified atom stereocenters. The smallest absolute Gasteiger partial charge is 0.332 e. The highest BCUT2D eigenvalue weighted by atomic mass is 79.9. The number of carbonyl (C=O) groups is 1. The maximum absolute atomic E-state index is 11.2. The summed E-state index contributed by atoms with van der Waals surface area (Å²) in [5.74, 6) is 1.52. The molecule has 0 fully saturated rings. The van der Waals surface area contributed by atoms with Crippen LogP contribution in [0.2, 0.25) is 0 Å². The molecule has 0 aromatic heterocycles. The number of hydrogen-bond acceptors (Lipinski definition) is 5. The Morgan fingerprint density at radius 3 is 2.79 bits per heavy atom. The van der Waals surface area contributed by atoms with E-state index in [9.17, 15) is 9.90 Å². The first-order chi connectivity index (χ1) is 15.9. The summed E-state index contributed by atoms with van der Waals surface area (Å²) in [4.78, 5) is 13.4. The summed E-state index contributed by atoms with van der Waals surface area (Å²) in [5, 5.41) is 9.24. The summed E-state index contributed by atoms with van der Waals surface area (Å²) in [6.45, 7) is 6.95. The number of ether oxygens (including phenoxy) is 3. The molecule has 8 heteroatoms. The lowest BCUT2D eigenvalue weighted by molar-refractivity contribution is -0.133. The summed E-state index contributed by atoms with van der Waals surface area (Å²) in [6, 6.07) is 11.8. The average Bonchev–Trinajstić information content (AvgIpc) is 2.79. The highest BCUT2D eigenvalue weighted by Gasteiger charge is 2.20. The maximum Gasteiger partial charge on any atom is 0.332 e. The summed E-state index contributed by atoms with van der Waals surface area (Å²) in [6.07, 6.45) is 4.82. The Morgan fingerprint density at radius 1 is 1.24 bits per heavy atom. The summed E-state index contributed by atoms with van der Waals surface area (Å²) in [7, 11) is 0. The van der Waals surface area contributed by atoms with Crippen LogP contribution in [0.1, 0.15) is 31.4 Å². The number of rotatable bonds is 8. The summed E-state index contributed by atoms with van der Waals surface area (Å²) in [5.41, 5.74) is 3.65. The molecule has 0 radical (unpaired) electrons. The molecule has 2 aromatic rings. The standard InChI is InChI=1S/C26H28BrNO5.ClH/c1-17(2)33-24-8-5-18(11-23(24)27)15-31-22-7-6-20-10-19(16-32-25(20)12-22)13-28-9-3-4-21(14-28)26(29)30;/h4-8,10-12,17H,3,9,13-16H2,1-2H3,(H,29,30);1H. The molecule has 0 saturated carbocycles. The van der Waals surface area contributed by atoms with Gasteiger partial charge in [0.1, 0.15) is 30.5 Å². The molecule has 34 heavy (non-hydrogen) atoms. The molecule has 182 valence electrons. The third kappa shape index (κ3) is 6.78. The monoisotopic (exact) mass is 549 g/mol. The fraction of sp³-hybridized carbons (Fsp3) is 0.346. The minimum absolute atomic E-state index is 0. The van der Waals surface area contributed by atoms with Gasteiger partial charge in [0.05, 0.1) is 10.6 Å². The molecule has 0 atom stereocenters. The SMILES string of the molecule is CC(C)Oc1ccc(COc2ccc3c(c2)OCC(CN2CCC=C(C(=O)O)C2)=C3)cc1Br.Cl. The fourth-order valence-electron chi connectivity index (χ4n) is 3.91. The molecule has 0 saturated heterocycles. The van der Waals surface area contributed by atoms with E-state index in [4.69, 9.17) is 14.2 Å². The van der Waals surface area contributed by atoms with Crippen molar-refractivity contribution in [2.24, 2.45) is 0 Å². The van der Waals surface area contributed by atoms with E-state index in [1.807, 2.05) is 56.3 Å². The van der Waals surface area contributed by atoms with E-state index < -0.39 is 5.97 Å². The van der Waals surface area contributed by atoms with E-state index in [0.717, 1.165) is 51.4 Å². The van der Waals surface area contributed by atoms with Crippen LogP contribution in [0.4, 0.5) is 0 Å². The van der Waals surface area contributed by atoms with Gasteiger partial charge in [0, 0.05) is 36.8 Å². The lowest BCUT2D eigenvalue weighted by atomic mass is 10.0. The molecular weight excluding hydrogens is 522 g/mol. The zero-order chi connectivity index (χ0) is 23.4. The van der Waals surface area contributed by atoms with Gasteiger partial charge >= 0.3 is 5.97 Å². The number of aliphatic carboxylic acids is 1. The van der Waals surface area contributed by atoms with Crippen LogP contribution in [0.25, 0.3) is 6.08 Å². The van der Waals surface area contributed by atoms with Gasteiger partial charge in [-0.05, 0) is 77.7 Å². The number of nitrogens with zero attached hydrogens (tertiary/aromatic N) is 1. The third-order valence-electron chi connectivity index (χ3n) is 5.45. The Hall–Kier alpha value is -2.48. The molecule has 2 heterocycles. The van der Waals surface area contributed by atoms with Crippen molar-refractivity contribution in [3.8, 4) is 17.2 Å². The molecule has 2 aliphatic rings. The molecule has 0 amide bonds. The third-order valence-corrected chi connectivity index (χ3v) is 6.07. The Labute approximate surface area is 214 Å². The molecular formula is C26H29BrClNO5. The van der Waals surface area contributed by atoms with Gasteiger partial charge in [-0.2, -0.15) is 0 Å². The van der Waals surface area contributed by atoms with Crippen LogP contribution in [0, 0.1) is 0 Å². The largest absolute Gasteiger partial charge is 0.490 e. The predicted octanol–water partition coefficient (Wildman–Crippen LogP) is 5.73. The number of fused-ring (bicyclic) bond motifs is 1. The van der Waals surface area contributed by atoms with E-state index in [1.54, 1.807) is 0 Å². The molecule has 0 spiro atoms. The number of halogens is 2. The van der Waals surface area contributed by atoms with Crippen molar-refractivity contribution in [3.05, 3.63) is 69.2 Å². The van der Waals surface area contributed by atoms with Gasteiger partial charge in [-0.25, -0.2) is 4.79 Å². The zero-order valence-corrected chi connectivity index (χ0v) is 21.7. The van der Waals surface area contributed by atoms with Crippen LogP contribution in [0.3, 0.4) is 0 Å². The first-order valence-electron chi connectivity index (χ1n) is 11.1. The number of hydrogen-bond donors (Lipinski definition) is 1. The molecule has 0 aliphatic carbocycles. The van der Waals surface area contributed by atoms with Crippen LogP contribution in [0.5, 0.6) is 17.2 Å². The van der Waals surface area contributed by atoms with Crippen LogP contribution >= 0.6 is 28.3 Å². The quantitative estimate of drug-likeness (QED) is 0.453. The van der Waals surface area contributed by atoms with Crippen molar-refractivity contribution in [2.75, 3.05) is 26.2 Å². The Kier molecular flexibility index (Phi) is 9.05. The van der Waals surface area contributed by atoms with Crippen molar-refractivity contribution >= 4 is 40.4 Å². The zero-order valence-electron chi connectivity index (χ0n) is 19.3. The van der Waals surface area contributed by atoms with E-state index in [2.05, 4.69) is 26.9 Å². The van der Waals surface area contributed by atoms with Crippen molar-refractivity contribution in [3.63, 3.8) is 0 Å². The van der Waals surface area contributed by atoms with Gasteiger partial charge < -0.3 is 19.3 Å². The van der Waals surface area contributed by atoms with Crippen molar-refractivity contribution in [2.45, 2.75) is 33.0 Å². The molecule has 1 N–H and O–H groups in total. The first-order valence-corrected chi connectivity index (χ1v) is 11.9. The molecule has 2 aliphatic heterocycles. The Morgan fingerprint density at radius 2 is 2.06 bits per heavy atom. The van der Waals surface area contributed by atoms with Gasteiger partial charge in [-0.3, -0.25) is 4.90 Å². The van der Waals surface area contributed by atoms with E-state index in [1.165, 1.54) is 0 Å². The van der Waals surface area contributed by atoms with Gasteiger partial charge in [-0.1, -0.05) is 12.1 Å². The molecule has 4 rings (SSSR count). The van der Waals surface area contributed by atoms with Gasteiger partial charge in [0.2, 0.25) is 0 Å². The van der Waals surface area contributed by atoms with Crippen molar-refractivity contribution in [1.29, 1.82) is 0 Å². The highest BCUT2D eigenvalue weighted by Crippen LogP contribution is 2.32. The molecule has 0 bridgehead atoms. The second-order valence-corrected chi connectivity index (χ2v) is 9.40. The number of carboxylic acid groups (broad SMARTS) is 1. The molecule has 2 aromatic carbocycles. The van der Waals surface area contributed by atoms with E-state index in [0.29, 0.717) is 31.9 Å². The van der Waals surface area contributed by atoms with Gasteiger partial charge in [0.25, 0.3) is 0 Å². The fourth-order valence-corrected chi connectivity index (χ4v) is 4.42. The minimum Gasteiger partial charge on any atom is -0.490 e. The predicted molar refractivity (Wildman–Crippen MR) is 138 cm³/mol. The van der Waals surface area contributed by atoms with E-state index >= 15 is 0 Å². The maximum atomic E-state index is 11.2. The normalized spacial score (nSPS) is 15.4. The second kappa shape index (κ2) is 11.8. The highest BCUT2D eigenvalue weighted by molar-refractivity contribution is 9.10. The van der Waals surface area contributed by atoms with Crippen LogP contribution in [-0.4, -0.2) is 48.3 Å². The van der Waals surface area contributed by atoms with Gasteiger partial charge in [0.15, 0.2) is 0 Å². The van der Waals surface area contributed by atoms with Crippen LogP contribution < -0.4 is 14.2 Å². The summed E-state index contributed by atoms with van der Waals surface area (Å²) >= 11 is 3.56.